The molecule has 0 radical (unpaired) electrons. The molecular weight excluding hydrogens is 384 g/mol. The van der Waals surface area contributed by atoms with Crippen LogP contribution in [0.1, 0.15) is 43.4 Å². The second-order valence-corrected chi connectivity index (χ2v) is 8.23. The number of H-pyrrole nitrogens is 1. The van der Waals surface area contributed by atoms with E-state index >= 15 is 0 Å². The predicted molar refractivity (Wildman–Crippen MR) is 118 cm³/mol. The van der Waals surface area contributed by atoms with Gasteiger partial charge in [0.15, 0.2) is 6.61 Å². The van der Waals surface area contributed by atoms with Crippen molar-refractivity contribution >= 4 is 28.4 Å². The maximum Gasteiger partial charge on any atom is 0.260 e. The van der Waals surface area contributed by atoms with E-state index in [2.05, 4.69) is 30.1 Å². The largest absolute Gasteiger partial charge is 0.484 e. The fourth-order valence-corrected chi connectivity index (χ4v) is 4.24. The first kappa shape index (κ1) is 19.8. The highest BCUT2D eigenvalue weighted by atomic mass is 35.5. The zero-order valence-electron chi connectivity index (χ0n) is 16.8. The molecule has 4 rings (SSSR count). The fourth-order valence-electron chi connectivity index (χ4n) is 4.06. The SMILES string of the molecule is CCCc1ccc(OCC(=O)N2CCC(c3cc4cc(Cl)ccc4[nH]3)CC2)cc1. The van der Waals surface area contributed by atoms with E-state index in [0.717, 1.165) is 60.4 Å². The van der Waals surface area contributed by atoms with Crippen LogP contribution in [0.3, 0.4) is 0 Å². The molecule has 0 unspecified atom stereocenters. The van der Waals surface area contributed by atoms with Gasteiger partial charge in [0.25, 0.3) is 5.91 Å². The summed E-state index contributed by atoms with van der Waals surface area (Å²) in [5, 5.41) is 1.90. The van der Waals surface area contributed by atoms with Gasteiger partial charge in [-0.2, -0.15) is 0 Å². The third-order valence-corrected chi connectivity index (χ3v) is 5.95. The maximum absolute atomic E-state index is 12.5. The maximum atomic E-state index is 12.5. The number of nitrogens with zero attached hydrogens (tertiary/aromatic N) is 1. The number of fused-ring (bicyclic) bond motifs is 1. The lowest BCUT2D eigenvalue weighted by Crippen LogP contribution is -2.40. The average Bonchev–Trinajstić information content (AvgIpc) is 3.16. The van der Waals surface area contributed by atoms with Crippen molar-refractivity contribution in [2.24, 2.45) is 0 Å². The van der Waals surface area contributed by atoms with Crippen LogP contribution in [0, 0.1) is 0 Å². The summed E-state index contributed by atoms with van der Waals surface area (Å²) in [5.41, 5.74) is 3.64. The van der Waals surface area contributed by atoms with E-state index in [1.165, 1.54) is 11.3 Å². The minimum absolute atomic E-state index is 0.0597. The van der Waals surface area contributed by atoms with Crippen LogP contribution in [0.5, 0.6) is 5.75 Å². The van der Waals surface area contributed by atoms with Crippen LogP contribution in [0.15, 0.2) is 48.5 Å². The Kier molecular flexibility index (Phi) is 6.10. The zero-order chi connectivity index (χ0) is 20.2. The third kappa shape index (κ3) is 4.76. The number of likely N-dealkylation sites (tertiary alicyclic amines) is 1. The minimum Gasteiger partial charge on any atom is -0.484 e. The van der Waals surface area contributed by atoms with Gasteiger partial charge >= 0.3 is 0 Å². The number of hydrogen-bond donors (Lipinski definition) is 1. The number of nitrogens with one attached hydrogen (secondary N) is 1. The summed E-state index contributed by atoms with van der Waals surface area (Å²) in [4.78, 5) is 18.0. The number of aryl methyl sites for hydroxylation is 1. The van der Waals surface area contributed by atoms with Gasteiger partial charge in [0.2, 0.25) is 0 Å². The van der Waals surface area contributed by atoms with Crippen LogP contribution in [0.4, 0.5) is 0 Å². The van der Waals surface area contributed by atoms with Crippen LogP contribution < -0.4 is 4.74 Å². The Morgan fingerprint density at radius 3 is 2.62 bits per heavy atom. The van der Waals surface area contributed by atoms with Crippen molar-refractivity contribution in [3.05, 3.63) is 64.8 Å². The van der Waals surface area contributed by atoms with Gasteiger partial charge in [0.05, 0.1) is 0 Å². The molecule has 0 saturated carbocycles. The molecule has 1 amide bonds. The first-order valence-corrected chi connectivity index (χ1v) is 10.8. The summed E-state index contributed by atoms with van der Waals surface area (Å²) in [6, 6.07) is 16.1. The second kappa shape index (κ2) is 8.91. The highest BCUT2D eigenvalue weighted by molar-refractivity contribution is 6.31. The molecule has 5 heteroatoms. The van der Waals surface area contributed by atoms with Gasteiger partial charge in [-0.1, -0.05) is 37.1 Å². The monoisotopic (exact) mass is 410 g/mol. The van der Waals surface area contributed by atoms with Crippen LogP contribution in [-0.4, -0.2) is 35.5 Å². The number of carbonyl (C=O) groups excluding carboxylic acids is 1. The van der Waals surface area contributed by atoms with Crippen molar-refractivity contribution in [1.82, 2.24) is 9.88 Å². The van der Waals surface area contributed by atoms with E-state index in [4.69, 9.17) is 16.3 Å². The lowest BCUT2D eigenvalue weighted by atomic mass is 9.93. The van der Waals surface area contributed by atoms with Gasteiger partial charge in [0, 0.05) is 40.6 Å². The molecule has 1 saturated heterocycles. The second-order valence-electron chi connectivity index (χ2n) is 7.79. The average molecular weight is 411 g/mol. The third-order valence-electron chi connectivity index (χ3n) is 5.72. The first-order valence-electron chi connectivity index (χ1n) is 10.4. The molecule has 1 aliphatic rings. The van der Waals surface area contributed by atoms with Crippen molar-refractivity contribution in [2.45, 2.75) is 38.5 Å². The van der Waals surface area contributed by atoms with Gasteiger partial charge in [0.1, 0.15) is 5.75 Å². The van der Waals surface area contributed by atoms with E-state index in [1.54, 1.807) is 0 Å². The lowest BCUT2D eigenvalue weighted by Gasteiger charge is -2.31. The molecule has 1 fully saturated rings. The predicted octanol–water partition coefficient (Wildman–Crippen LogP) is 5.56. The van der Waals surface area contributed by atoms with Crippen molar-refractivity contribution in [3.63, 3.8) is 0 Å². The molecule has 3 aromatic rings. The van der Waals surface area contributed by atoms with Crippen molar-refractivity contribution in [1.29, 1.82) is 0 Å². The van der Waals surface area contributed by atoms with Crippen LogP contribution >= 0.6 is 11.6 Å². The molecule has 4 nitrogen and oxygen atoms in total. The molecule has 0 spiro atoms. The number of aromatic amines is 1. The number of rotatable bonds is 6. The Labute approximate surface area is 176 Å². The molecule has 1 aromatic heterocycles. The minimum atomic E-state index is 0.0597. The number of piperidine rings is 1. The lowest BCUT2D eigenvalue weighted by molar-refractivity contribution is -0.134. The smallest absolute Gasteiger partial charge is 0.260 e. The van der Waals surface area contributed by atoms with Gasteiger partial charge in [-0.3, -0.25) is 4.79 Å². The topological polar surface area (TPSA) is 45.3 Å². The van der Waals surface area contributed by atoms with Crippen LogP contribution in [0.2, 0.25) is 5.02 Å². The van der Waals surface area contributed by atoms with E-state index in [0.29, 0.717) is 5.92 Å². The number of hydrogen-bond acceptors (Lipinski definition) is 2. The Morgan fingerprint density at radius 1 is 1.14 bits per heavy atom. The molecule has 0 atom stereocenters. The quantitative estimate of drug-likeness (QED) is 0.578. The van der Waals surface area contributed by atoms with E-state index in [1.807, 2.05) is 35.2 Å². The molecule has 1 aliphatic heterocycles. The van der Waals surface area contributed by atoms with E-state index in [-0.39, 0.29) is 12.5 Å². The normalized spacial score (nSPS) is 15.0. The number of carbonyl (C=O) groups is 1. The molecule has 0 bridgehead atoms. The van der Waals surface area contributed by atoms with Crippen LogP contribution in [-0.2, 0) is 11.2 Å². The summed E-state index contributed by atoms with van der Waals surface area (Å²) in [6.45, 7) is 3.79. The van der Waals surface area contributed by atoms with Gasteiger partial charge in [-0.25, -0.2) is 0 Å². The summed E-state index contributed by atoms with van der Waals surface area (Å²) >= 11 is 6.09. The summed E-state index contributed by atoms with van der Waals surface area (Å²) in [7, 11) is 0. The molecular formula is C24H27ClN2O2. The van der Waals surface area contributed by atoms with Crippen LogP contribution in [0.25, 0.3) is 10.9 Å². The Hall–Kier alpha value is -2.46. The van der Waals surface area contributed by atoms with E-state index in [9.17, 15) is 4.79 Å². The van der Waals surface area contributed by atoms with Gasteiger partial charge in [-0.05, 0) is 61.2 Å². The van der Waals surface area contributed by atoms with E-state index < -0.39 is 0 Å². The Bertz CT molecular complexity index is 972. The first-order chi connectivity index (χ1) is 14.1. The highest BCUT2D eigenvalue weighted by Gasteiger charge is 2.25. The summed E-state index contributed by atoms with van der Waals surface area (Å²) in [6.07, 6.45) is 4.11. The Morgan fingerprint density at radius 2 is 1.90 bits per heavy atom. The Balaban J connectivity index is 1.28. The fraction of sp³-hybridized carbons (Fsp3) is 0.375. The van der Waals surface area contributed by atoms with Crippen molar-refractivity contribution in [2.75, 3.05) is 19.7 Å². The molecule has 2 heterocycles. The number of halogens is 1. The molecule has 0 aliphatic carbocycles. The van der Waals surface area contributed by atoms with Crippen molar-refractivity contribution in [3.8, 4) is 5.75 Å². The summed E-state index contributed by atoms with van der Waals surface area (Å²) < 4.78 is 5.71. The molecule has 29 heavy (non-hydrogen) atoms. The number of amides is 1. The standard InChI is InChI=1S/C24H27ClN2O2/c1-2-3-17-4-7-21(8-5-17)29-16-24(28)27-12-10-18(11-13-27)23-15-19-14-20(25)6-9-22(19)26-23/h4-9,14-15,18,26H,2-3,10-13,16H2,1H3. The van der Waals surface area contributed by atoms with Crippen molar-refractivity contribution < 1.29 is 9.53 Å². The highest BCUT2D eigenvalue weighted by Crippen LogP contribution is 2.31. The molecule has 1 N–H and O–H groups in total. The summed E-state index contributed by atoms with van der Waals surface area (Å²) in [5.74, 6) is 1.26. The number of benzene rings is 2. The number of ether oxygens (including phenoxy) is 1. The molecule has 2 aromatic carbocycles. The van der Waals surface area contributed by atoms with Gasteiger partial charge in [-0.15, -0.1) is 0 Å². The zero-order valence-corrected chi connectivity index (χ0v) is 17.5. The molecule has 152 valence electrons. The van der Waals surface area contributed by atoms with Gasteiger partial charge < -0.3 is 14.6 Å². The number of aromatic nitrogens is 1.